The van der Waals surface area contributed by atoms with Crippen molar-refractivity contribution in [2.45, 2.75) is 282 Å². The van der Waals surface area contributed by atoms with Gasteiger partial charge in [0.15, 0.2) is 6.29 Å². The molecular weight excluding hydrogens is 837 g/mol. The van der Waals surface area contributed by atoms with Gasteiger partial charge in [-0.05, 0) is 38.5 Å². The minimum Gasteiger partial charge on any atom is -0.457 e. The third-order valence-corrected chi connectivity index (χ3v) is 12.9. The Morgan fingerprint density at radius 2 is 0.984 bits per heavy atom. The summed E-state index contributed by atoms with van der Waals surface area (Å²) in [5, 5.41) is 30.8. The molecule has 0 saturated carbocycles. The lowest BCUT2D eigenvalue weighted by Crippen LogP contribution is -2.60. The second-order valence-corrected chi connectivity index (χ2v) is 19.5. The van der Waals surface area contributed by atoms with Crippen molar-refractivity contribution in [1.82, 2.24) is 0 Å². The smallest absolute Gasteiger partial charge is 0.397 e. The third kappa shape index (κ3) is 36.0. The number of hydrogen-bond donors (Lipinski definition) is 4. The van der Waals surface area contributed by atoms with Gasteiger partial charge in [0.25, 0.3) is 0 Å². The molecule has 0 spiro atoms. The minimum atomic E-state index is -5.06. The normalized spacial score (nSPS) is 19.8. The minimum absolute atomic E-state index is 0.0417. The average molecular weight is 935 g/mol. The molecule has 1 saturated heterocycles. The van der Waals surface area contributed by atoms with Gasteiger partial charge in [0.1, 0.15) is 30.5 Å². The van der Waals surface area contributed by atoms with Crippen LogP contribution in [0.1, 0.15) is 245 Å². The van der Waals surface area contributed by atoms with Crippen molar-refractivity contribution in [2.24, 2.45) is 0 Å². The van der Waals surface area contributed by atoms with Gasteiger partial charge in [0.05, 0.1) is 19.8 Å². The van der Waals surface area contributed by atoms with Crippen LogP contribution in [0.5, 0.6) is 0 Å². The maximum atomic E-state index is 12.9. The van der Waals surface area contributed by atoms with Gasteiger partial charge in [0.2, 0.25) is 0 Å². The summed E-state index contributed by atoms with van der Waals surface area (Å²) in [5.74, 6) is -0.396. The predicted molar refractivity (Wildman–Crippen MR) is 258 cm³/mol. The molecule has 12 nitrogen and oxygen atoms in total. The lowest BCUT2D eigenvalue weighted by Gasteiger charge is -2.41. The van der Waals surface area contributed by atoms with Gasteiger partial charge in [0, 0.05) is 13.0 Å². The highest BCUT2D eigenvalue weighted by atomic mass is 32.3. The molecule has 13 heteroatoms. The lowest BCUT2D eigenvalue weighted by atomic mass is 9.99. The number of esters is 1. The Bertz CT molecular complexity index is 1170. The van der Waals surface area contributed by atoms with Crippen molar-refractivity contribution in [1.29, 1.82) is 0 Å². The number of aliphatic hydroxyl groups excluding tert-OH is 3. The van der Waals surface area contributed by atoms with Crippen molar-refractivity contribution in [3.63, 3.8) is 0 Å². The Kier molecular flexibility index (Phi) is 41.0. The number of rotatable bonds is 47. The van der Waals surface area contributed by atoms with Gasteiger partial charge in [-0.15, -0.1) is 0 Å². The summed E-state index contributed by atoms with van der Waals surface area (Å²) in [6.07, 6.45) is 39.5. The molecule has 4 N–H and O–H groups in total. The second-order valence-electron chi connectivity index (χ2n) is 18.5. The van der Waals surface area contributed by atoms with E-state index in [0.29, 0.717) is 13.0 Å². The molecule has 6 atom stereocenters. The molecule has 0 amide bonds. The van der Waals surface area contributed by atoms with E-state index in [1.54, 1.807) is 0 Å². The SMILES string of the molecule is CCCCCCCC/C=C\CCCCCCCCCCCC(=O)OC(COCCCCCCCCCCCCCCCCCCCC)COC1OC(CO)C(O)C(OS(=O)(=O)O)C1O. The lowest BCUT2D eigenvalue weighted by molar-refractivity contribution is -0.301. The second kappa shape index (κ2) is 43.1. The van der Waals surface area contributed by atoms with Crippen LogP contribution >= 0.6 is 0 Å². The van der Waals surface area contributed by atoms with Crippen LogP contribution in [0.4, 0.5) is 0 Å². The number of aliphatic hydroxyl groups is 3. The third-order valence-electron chi connectivity index (χ3n) is 12.4. The number of unbranched alkanes of at least 4 members (excludes halogenated alkanes) is 32. The van der Waals surface area contributed by atoms with Crippen LogP contribution in [0, 0.1) is 0 Å². The first-order valence-electron chi connectivity index (χ1n) is 26.4. The van der Waals surface area contributed by atoms with Gasteiger partial charge in [-0.25, -0.2) is 4.18 Å². The van der Waals surface area contributed by atoms with Crippen LogP contribution < -0.4 is 0 Å². The topological polar surface area (TPSA) is 178 Å². The fourth-order valence-electron chi connectivity index (χ4n) is 8.38. The van der Waals surface area contributed by atoms with Crippen LogP contribution in [-0.4, -0.2) is 97.5 Å². The van der Waals surface area contributed by atoms with Crippen LogP contribution in [0.15, 0.2) is 12.2 Å². The summed E-state index contributed by atoms with van der Waals surface area (Å²) in [7, 11) is -5.06. The number of carbonyl (C=O) groups excluding carboxylic acids is 1. The summed E-state index contributed by atoms with van der Waals surface area (Å²) in [4.78, 5) is 12.9. The molecule has 1 aliphatic rings. The highest BCUT2D eigenvalue weighted by Crippen LogP contribution is 2.26. The zero-order valence-electron chi connectivity index (χ0n) is 40.9. The summed E-state index contributed by atoms with van der Waals surface area (Å²) in [5.41, 5.74) is 0. The van der Waals surface area contributed by atoms with Crippen LogP contribution in [0.3, 0.4) is 0 Å². The maximum Gasteiger partial charge on any atom is 0.397 e. The Morgan fingerprint density at radius 1 is 0.578 bits per heavy atom. The first kappa shape index (κ1) is 60.9. The highest BCUT2D eigenvalue weighted by Gasteiger charge is 2.48. The molecule has 0 aliphatic carbocycles. The van der Waals surface area contributed by atoms with Crippen molar-refractivity contribution >= 4 is 16.4 Å². The largest absolute Gasteiger partial charge is 0.457 e. The molecule has 1 rings (SSSR count). The fraction of sp³-hybridized carbons (Fsp3) is 0.941. The van der Waals surface area contributed by atoms with Gasteiger partial charge in [-0.1, -0.05) is 212 Å². The van der Waals surface area contributed by atoms with E-state index in [1.807, 2.05) is 0 Å². The molecule has 0 aromatic rings. The Labute approximate surface area is 391 Å². The predicted octanol–water partition coefficient (Wildman–Crippen LogP) is 12.2. The highest BCUT2D eigenvalue weighted by molar-refractivity contribution is 7.80. The van der Waals surface area contributed by atoms with Crippen molar-refractivity contribution in [3.05, 3.63) is 12.2 Å². The zero-order valence-corrected chi connectivity index (χ0v) is 41.7. The standard InChI is InChI=1S/C51H98O12S/c1-3-5-7-9-11-13-15-17-19-21-23-24-26-28-30-32-34-36-38-40-47(53)61-45(44-60-51-49(55)50(63-64(56,57)58)48(54)46(42-52)62-51)43-59-41-39-37-35-33-31-29-27-25-22-20-18-16-14-12-10-8-6-4-2/h17,19,45-46,48-52,54-55H,3-16,18,20-44H2,1-2H3,(H,56,57,58)/b19-17-. The summed E-state index contributed by atoms with van der Waals surface area (Å²) < 4.78 is 59.3. The Morgan fingerprint density at radius 3 is 1.41 bits per heavy atom. The molecule has 0 aromatic carbocycles. The van der Waals surface area contributed by atoms with Crippen LogP contribution in [-0.2, 0) is 38.3 Å². The van der Waals surface area contributed by atoms with Gasteiger partial charge in [-0.2, -0.15) is 8.42 Å². The van der Waals surface area contributed by atoms with Gasteiger partial charge >= 0.3 is 16.4 Å². The summed E-state index contributed by atoms with van der Waals surface area (Å²) in [6.45, 7) is 4.04. The Hall–Kier alpha value is -1.16. The van der Waals surface area contributed by atoms with Crippen molar-refractivity contribution < 1.29 is 56.2 Å². The van der Waals surface area contributed by atoms with Gasteiger partial charge in [-0.3, -0.25) is 9.35 Å². The Balaban J connectivity index is 2.34. The number of allylic oxidation sites excluding steroid dienone is 2. The molecule has 64 heavy (non-hydrogen) atoms. The maximum absolute atomic E-state index is 12.9. The molecule has 0 radical (unpaired) electrons. The molecule has 1 heterocycles. The zero-order chi connectivity index (χ0) is 46.8. The van der Waals surface area contributed by atoms with Crippen LogP contribution in [0.2, 0.25) is 0 Å². The summed E-state index contributed by atoms with van der Waals surface area (Å²) >= 11 is 0. The monoisotopic (exact) mass is 935 g/mol. The van der Waals surface area contributed by atoms with E-state index < -0.39 is 59.8 Å². The van der Waals surface area contributed by atoms with E-state index in [2.05, 4.69) is 30.2 Å². The molecule has 1 fully saturated rings. The average Bonchev–Trinajstić information content (AvgIpc) is 3.27. The van der Waals surface area contributed by atoms with E-state index in [9.17, 15) is 33.1 Å². The molecule has 380 valence electrons. The van der Waals surface area contributed by atoms with Crippen molar-refractivity contribution in [3.8, 4) is 0 Å². The first-order chi connectivity index (χ1) is 31.1. The first-order valence-corrected chi connectivity index (χ1v) is 27.8. The van der Waals surface area contributed by atoms with E-state index in [0.717, 1.165) is 38.5 Å². The molecular formula is C51H98O12S. The number of carbonyl (C=O) groups is 1. The van der Waals surface area contributed by atoms with E-state index in [-0.39, 0.29) is 19.6 Å². The van der Waals surface area contributed by atoms with Crippen LogP contribution in [0.25, 0.3) is 0 Å². The summed E-state index contributed by atoms with van der Waals surface area (Å²) in [6, 6.07) is 0. The molecule has 0 aromatic heterocycles. The quantitative estimate of drug-likeness (QED) is 0.0197. The van der Waals surface area contributed by atoms with E-state index in [4.69, 9.17) is 18.9 Å². The van der Waals surface area contributed by atoms with E-state index >= 15 is 0 Å². The van der Waals surface area contributed by atoms with E-state index in [1.165, 1.54) is 180 Å². The van der Waals surface area contributed by atoms with Crippen molar-refractivity contribution in [2.75, 3.05) is 26.4 Å². The molecule has 6 unspecified atom stereocenters. The number of hydrogen-bond acceptors (Lipinski definition) is 11. The molecule has 1 aliphatic heterocycles. The number of ether oxygens (including phenoxy) is 4. The fourth-order valence-corrected chi connectivity index (χ4v) is 8.88. The molecule has 0 bridgehead atoms. The van der Waals surface area contributed by atoms with Gasteiger partial charge < -0.3 is 34.3 Å².